The second-order valence-electron chi connectivity index (χ2n) is 4.39. The zero-order valence-corrected chi connectivity index (χ0v) is 10.9. The van der Waals surface area contributed by atoms with Crippen molar-refractivity contribution in [3.8, 4) is 0 Å². The first-order chi connectivity index (χ1) is 7.79. The van der Waals surface area contributed by atoms with Crippen molar-refractivity contribution in [2.24, 2.45) is 0 Å². The molecule has 0 radical (unpaired) electrons. The summed E-state index contributed by atoms with van der Waals surface area (Å²) in [6.45, 7) is 3.47. The third-order valence-corrected chi connectivity index (χ3v) is 4.04. The summed E-state index contributed by atoms with van der Waals surface area (Å²) in [4.78, 5) is 3.80. The van der Waals surface area contributed by atoms with E-state index >= 15 is 0 Å². The zero-order valence-electron chi connectivity index (χ0n) is 10.1. The third kappa shape index (κ3) is 3.00. The Bertz CT molecular complexity index is 319. The summed E-state index contributed by atoms with van der Waals surface area (Å²) in [5, 5.41) is 3.31. The predicted octanol–water partition coefficient (Wildman–Crippen LogP) is 1.85. The summed E-state index contributed by atoms with van der Waals surface area (Å²) in [7, 11) is 2.22. The molecule has 1 aliphatic rings. The summed E-state index contributed by atoms with van der Waals surface area (Å²) >= 11 is 1.80. The average Bonchev–Trinajstić information content (AvgIpc) is 2.25. The maximum Gasteiger partial charge on any atom is 0.0342 e. The first-order valence-corrected chi connectivity index (χ1v) is 7.06. The van der Waals surface area contributed by atoms with Crippen molar-refractivity contribution >= 4 is 11.8 Å². The van der Waals surface area contributed by atoms with E-state index in [0.717, 1.165) is 32.1 Å². The van der Waals surface area contributed by atoms with E-state index in [1.54, 1.807) is 11.8 Å². The lowest BCUT2D eigenvalue weighted by Crippen LogP contribution is -2.56. The van der Waals surface area contributed by atoms with Gasteiger partial charge >= 0.3 is 0 Å². The van der Waals surface area contributed by atoms with E-state index in [0.29, 0.717) is 0 Å². The van der Waals surface area contributed by atoms with Crippen LogP contribution in [-0.4, -0.2) is 43.9 Å². The molecule has 88 valence electrons. The van der Waals surface area contributed by atoms with E-state index < -0.39 is 0 Å². The molecule has 1 aliphatic heterocycles. The highest BCUT2D eigenvalue weighted by Crippen LogP contribution is 2.15. The van der Waals surface area contributed by atoms with Crippen molar-refractivity contribution < 1.29 is 0 Å². The van der Waals surface area contributed by atoms with E-state index in [-0.39, 0.29) is 0 Å². The Morgan fingerprint density at radius 3 is 2.50 bits per heavy atom. The Labute approximate surface area is 102 Å². The van der Waals surface area contributed by atoms with Crippen LogP contribution in [0.3, 0.4) is 0 Å². The molecule has 2 rings (SSSR count). The van der Waals surface area contributed by atoms with Crippen molar-refractivity contribution in [1.82, 2.24) is 10.2 Å². The molecule has 1 fully saturated rings. The Kier molecular flexibility index (Phi) is 4.27. The molecule has 1 N–H and O–H groups in total. The fourth-order valence-corrected chi connectivity index (χ4v) is 2.27. The van der Waals surface area contributed by atoms with Crippen molar-refractivity contribution in [3.63, 3.8) is 0 Å². The molecule has 1 aromatic rings. The SMILES string of the molecule is CSc1ccc(CCN(C)C2CNC2)cc1. The van der Waals surface area contributed by atoms with Gasteiger partial charge in [-0.25, -0.2) is 0 Å². The van der Waals surface area contributed by atoms with Crippen LogP contribution in [0.1, 0.15) is 5.56 Å². The van der Waals surface area contributed by atoms with Gasteiger partial charge in [-0.05, 0) is 37.4 Å². The Hall–Kier alpha value is -0.510. The highest BCUT2D eigenvalue weighted by molar-refractivity contribution is 7.98. The molecule has 0 saturated carbocycles. The van der Waals surface area contributed by atoms with E-state index in [2.05, 4.69) is 47.8 Å². The molecule has 0 atom stereocenters. The van der Waals surface area contributed by atoms with Gasteiger partial charge in [-0.1, -0.05) is 12.1 Å². The lowest BCUT2D eigenvalue weighted by Gasteiger charge is -2.35. The van der Waals surface area contributed by atoms with Gasteiger partial charge in [0, 0.05) is 30.6 Å². The minimum Gasteiger partial charge on any atom is -0.314 e. The van der Waals surface area contributed by atoms with E-state index in [1.165, 1.54) is 10.5 Å². The maximum atomic E-state index is 3.31. The number of benzene rings is 1. The maximum absolute atomic E-state index is 3.31. The first-order valence-electron chi connectivity index (χ1n) is 5.83. The monoisotopic (exact) mass is 236 g/mol. The lowest BCUT2D eigenvalue weighted by atomic mass is 10.1. The first kappa shape index (κ1) is 12.0. The minimum absolute atomic E-state index is 0.755. The molecule has 0 unspecified atom stereocenters. The van der Waals surface area contributed by atoms with Crippen LogP contribution in [-0.2, 0) is 6.42 Å². The Morgan fingerprint density at radius 1 is 1.31 bits per heavy atom. The molecule has 1 saturated heterocycles. The molecule has 1 aromatic carbocycles. The van der Waals surface area contributed by atoms with Crippen molar-refractivity contribution in [2.75, 3.05) is 32.9 Å². The molecule has 2 nitrogen and oxygen atoms in total. The molecule has 0 amide bonds. The van der Waals surface area contributed by atoms with Gasteiger partial charge in [0.15, 0.2) is 0 Å². The molecular formula is C13H20N2S. The molecule has 3 heteroatoms. The van der Waals surface area contributed by atoms with Crippen LogP contribution < -0.4 is 5.32 Å². The summed E-state index contributed by atoms with van der Waals surface area (Å²) < 4.78 is 0. The van der Waals surface area contributed by atoms with Crippen LogP contribution in [0.5, 0.6) is 0 Å². The van der Waals surface area contributed by atoms with Crippen LogP contribution in [0, 0.1) is 0 Å². The molecular weight excluding hydrogens is 216 g/mol. The second kappa shape index (κ2) is 5.71. The number of thioether (sulfide) groups is 1. The molecule has 0 spiro atoms. The number of hydrogen-bond acceptors (Lipinski definition) is 3. The quantitative estimate of drug-likeness (QED) is 0.786. The number of nitrogens with one attached hydrogen (secondary N) is 1. The van der Waals surface area contributed by atoms with Crippen LogP contribution in [0.4, 0.5) is 0 Å². The largest absolute Gasteiger partial charge is 0.314 e. The second-order valence-corrected chi connectivity index (χ2v) is 5.27. The highest BCUT2D eigenvalue weighted by Gasteiger charge is 2.20. The fourth-order valence-electron chi connectivity index (χ4n) is 1.87. The van der Waals surface area contributed by atoms with Gasteiger partial charge in [0.2, 0.25) is 0 Å². The third-order valence-electron chi connectivity index (χ3n) is 3.30. The number of rotatable bonds is 5. The topological polar surface area (TPSA) is 15.3 Å². The van der Waals surface area contributed by atoms with Gasteiger partial charge in [0.25, 0.3) is 0 Å². The standard InChI is InChI=1S/C13H20N2S/c1-15(12-9-14-10-12)8-7-11-3-5-13(16-2)6-4-11/h3-6,12,14H,7-10H2,1-2H3. The Morgan fingerprint density at radius 2 is 2.00 bits per heavy atom. The van der Waals surface area contributed by atoms with Crippen LogP contribution in [0.15, 0.2) is 29.2 Å². The van der Waals surface area contributed by atoms with Gasteiger partial charge in [0.05, 0.1) is 0 Å². The molecule has 0 aliphatic carbocycles. The van der Waals surface area contributed by atoms with Gasteiger partial charge in [0.1, 0.15) is 0 Å². The van der Waals surface area contributed by atoms with Crippen molar-refractivity contribution in [3.05, 3.63) is 29.8 Å². The number of likely N-dealkylation sites (N-methyl/N-ethyl adjacent to an activating group) is 1. The van der Waals surface area contributed by atoms with E-state index in [4.69, 9.17) is 0 Å². The molecule has 0 bridgehead atoms. The predicted molar refractivity (Wildman–Crippen MR) is 71.2 cm³/mol. The minimum atomic E-state index is 0.755. The summed E-state index contributed by atoms with van der Waals surface area (Å²) in [6.07, 6.45) is 3.27. The van der Waals surface area contributed by atoms with Gasteiger partial charge in [-0.2, -0.15) is 0 Å². The van der Waals surface area contributed by atoms with Crippen LogP contribution >= 0.6 is 11.8 Å². The van der Waals surface area contributed by atoms with Gasteiger partial charge < -0.3 is 10.2 Å². The normalized spacial score (nSPS) is 16.4. The summed E-state index contributed by atoms with van der Waals surface area (Å²) in [5.41, 5.74) is 1.44. The Balaban J connectivity index is 1.79. The van der Waals surface area contributed by atoms with E-state index in [9.17, 15) is 0 Å². The molecule has 16 heavy (non-hydrogen) atoms. The average molecular weight is 236 g/mol. The highest BCUT2D eigenvalue weighted by atomic mass is 32.2. The van der Waals surface area contributed by atoms with Gasteiger partial charge in [-0.3, -0.25) is 0 Å². The van der Waals surface area contributed by atoms with Crippen molar-refractivity contribution in [2.45, 2.75) is 17.4 Å². The number of hydrogen-bond donors (Lipinski definition) is 1. The summed E-state index contributed by atoms with van der Waals surface area (Å²) in [5.74, 6) is 0. The van der Waals surface area contributed by atoms with Crippen LogP contribution in [0.2, 0.25) is 0 Å². The molecule has 1 heterocycles. The summed E-state index contributed by atoms with van der Waals surface area (Å²) in [6, 6.07) is 9.68. The van der Waals surface area contributed by atoms with Gasteiger partial charge in [-0.15, -0.1) is 11.8 Å². The van der Waals surface area contributed by atoms with Crippen LogP contribution in [0.25, 0.3) is 0 Å². The fraction of sp³-hybridized carbons (Fsp3) is 0.538. The number of nitrogens with zero attached hydrogens (tertiary/aromatic N) is 1. The van der Waals surface area contributed by atoms with Crippen molar-refractivity contribution in [1.29, 1.82) is 0 Å². The zero-order chi connectivity index (χ0) is 11.4. The van der Waals surface area contributed by atoms with E-state index in [1.807, 2.05) is 0 Å². The lowest BCUT2D eigenvalue weighted by molar-refractivity contribution is 0.182. The smallest absolute Gasteiger partial charge is 0.0342 e. The molecule has 0 aromatic heterocycles.